The number of hydrogen-bond donors (Lipinski definition) is 1. The van der Waals surface area contributed by atoms with Gasteiger partial charge in [0, 0.05) is 12.3 Å². The first-order valence-electron chi connectivity index (χ1n) is 12.7. The summed E-state index contributed by atoms with van der Waals surface area (Å²) < 4.78 is 18.1. The van der Waals surface area contributed by atoms with Gasteiger partial charge in [0.1, 0.15) is 6.10 Å². The number of fused-ring (bicyclic) bond motifs is 1. The Balaban J connectivity index is 1.74. The number of carboxylic acids is 1. The standard InChI is InChI=1S/C27H42O6/c1-7-17(3)26(30)31-23-13-16(2)12-19-9-8-18(4)22(25(19)23)11-10-20-14-21(15-24(28)29)33-27(5,6)32-20/h8-9,12,16-18,20-23,25H,7,10-11,13-15H2,1-6H3,(H,28,29)/t16-,17-,18+,20?,21?,22+,23-,25-/m0/s1. The van der Waals surface area contributed by atoms with E-state index >= 15 is 0 Å². The van der Waals surface area contributed by atoms with Gasteiger partial charge in [-0.3, -0.25) is 9.59 Å². The molecule has 1 heterocycles. The molecule has 0 aromatic rings. The summed E-state index contributed by atoms with van der Waals surface area (Å²) in [5.41, 5.74) is 1.29. The lowest BCUT2D eigenvalue weighted by atomic mass is 9.65. The Bertz CT molecular complexity index is 769. The van der Waals surface area contributed by atoms with Crippen molar-refractivity contribution < 1.29 is 28.9 Å². The fourth-order valence-corrected chi connectivity index (χ4v) is 5.75. The van der Waals surface area contributed by atoms with Gasteiger partial charge in [-0.15, -0.1) is 0 Å². The molecule has 0 amide bonds. The quantitative estimate of drug-likeness (QED) is 0.479. The van der Waals surface area contributed by atoms with Crippen molar-refractivity contribution in [3.8, 4) is 0 Å². The summed E-state index contributed by atoms with van der Waals surface area (Å²) in [5, 5.41) is 9.22. The number of carboxylic acid groups (broad SMARTS) is 1. The van der Waals surface area contributed by atoms with E-state index in [2.05, 4.69) is 32.1 Å². The molecule has 6 nitrogen and oxygen atoms in total. The van der Waals surface area contributed by atoms with E-state index in [1.54, 1.807) is 0 Å². The molecule has 0 bridgehead atoms. The van der Waals surface area contributed by atoms with Crippen LogP contribution in [0.5, 0.6) is 0 Å². The number of rotatable bonds is 8. The van der Waals surface area contributed by atoms with Crippen LogP contribution < -0.4 is 0 Å². The van der Waals surface area contributed by atoms with Crippen LogP contribution >= 0.6 is 0 Å². The number of esters is 1. The minimum absolute atomic E-state index is 0.00705. The number of allylic oxidation sites excluding steroid dienone is 3. The third-order valence-corrected chi connectivity index (χ3v) is 7.53. The molecule has 1 fully saturated rings. The zero-order valence-corrected chi connectivity index (χ0v) is 21.1. The van der Waals surface area contributed by atoms with Crippen molar-refractivity contribution in [1.29, 1.82) is 0 Å². The van der Waals surface area contributed by atoms with Crippen LogP contribution in [0, 0.1) is 29.6 Å². The van der Waals surface area contributed by atoms with Gasteiger partial charge in [0.25, 0.3) is 0 Å². The Kier molecular flexibility index (Phi) is 8.44. The van der Waals surface area contributed by atoms with Gasteiger partial charge in [-0.05, 0) is 62.9 Å². The topological polar surface area (TPSA) is 82.1 Å². The second-order valence-corrected chi connectivity index (χ2v) is 10.9. The Hall–Kier alpha value is -1.66. The molecule has 0 radical (unpaired) electrons. The molecule has 8 atom stereocenters. The van der Waals surface area contributed by atoms with Gasteiger partial charge >= 0.3 is 11.9 Å². The molecule has 0 spiro atoms. The van der Waals surface area contributed by atoms with Crippen LogP contribution in [-0.2, 0) is 23.8 Å². The molecule has 1 aliphatic heterocycles. The summed E-state index contributed by atoms with van der Waals surface area (Å²) in [7, 11) is 0. The third-order valence-electron chi connectivity index (χ3n) is 7.53. The summed E-state index contributed by atoms with van der Waals surface area (Å²) in [4.78, 5) is 23.9. The number of carbonyl (C=O) groups excluding carboxylic acids is 1. The first kappa shape index (κ1) is 26.0. The fourth-order valence-electron chi connectivity index (χ4n) is 5.75. The number of carbonyl (C=O) groups is 2. The molecule has 6 heteroatoms. The highest BCUT2D eigenvalue weighted by Crippen LogP contribution is 2.45. The Morgan fingerprint density at radius 2 is 1.88 bits per heavy atom. The smallest absolute Gasteiger partial charge is 0.308 e. The van der Waals surface area contributed by atoms with Crippen molar-refractivity contribution in [2.24, 2.45) is 29.6 Å². The minimum Gasteiger partial charge on any atom is -0.481 e. The molecule has 3 rings (SSSR count). The molecule has 2 unspecified atom stereocenters. The zero-order valence-electron chi connectivity index (χ0n) is 21.1. The van der Waals surface area contributed by atoms with Crippen LogP contribution in [0.15, 0.2) is 23.8 Å². The maximum Gasteiger partial charge on any atom is 0.308 e. The lowest BCUT2D eigenvalue weighted by Gasteiger charge is -2.44. The van der Waals surface area contributed by atoms with Crippen molar-refractivity contribution in [2.45, 2.75) is 104 Å². The highest BCUT2D eigenvalue weighted by Gasteiger charge is 2.43. The van der Waals surface area contributed by atoms with E-state index in [1.807, 2.05) is 27.7 Å². The summed E-state index contributed by atoms with van der Waals surface area (Å²) in [6, 6.07) is 0. The molecule has 1 N–H and O–H groups in total. The third kappa shape index (κ3) is 6.69. The van der Waals surface area contributed by atoms with E-state index in [-0.39, 0.29) is 42.5 Å². The zero-order chi connectivity index (χ0) is 24.3. The van der Waals surface area contributed by atoms with E-state index in [9.17, 15) is 14.7 Å². The number of aliphatic carboxylic acids is 1. The summed E-state index contributed by atoms with van der Waals surface area (Å²) >= 11 is 0. The van der Waals surface area contributed by atoms with Crippen molar-refractivity contribution >= 4 is 11.9 Å². The van der Waals surface area contributed by atoms with Crippen LogP contribution in [0.25, 0.3) is 0 Å². The van der Waals surface area contributed by atoms with Crippen LogP contribution in [0.3, 0.4) is 0 Å². The number of hydrogen-bond acceptors (Lipinski definition) is 5. The van der Waals surface area contributed by atoms with E-state index in [4.69, 9.17) is 14.2 Å². The maximum absolute atomic E-state index is 12.7. The summed E-state index contributed by atoms with van der Waals surface area (Å²) in [5.74, 6) is -0.543. The second kappa shape index (κ2) is 10.7. The first-order chi connectivity index (χ1) is 15.5. The van der Waals surface area contributed by atoms with Crippen LogP contribution in [0.2, 0.25) is 0 Å². The lowest BCUT2D eigenvalue weighted by Crippen LogP contribution is -2.46. The Labute approximate surface area is 198 Å². The van der Waals surface area contributed by atoms with Gasteiger partial charge < -0.3 is 19.3 Å². The van der Waals surface area contributed by atoms with Gasteiger partial charge in [0.15, 0.2) is 5.79 Å². The highest BCUT2D eigenvalue weighted by molar-refractivity contribution is 5.72. The fraction of sp³-hybridized carbons (Fsp3) is 0.778. The van der Waals surface area contributed by atoms with Crippen molar-refractivity contribution in [3.63, 3.8) is 0 Å². The minimum atomic E-state index is -0.848. The maximum atomic E-state index is 12.7. The SMILES string of the molecule is CC[C@H](C)C(=O)O[C@H]1C[C@@H](C)C=C2C=C[C@@H](C)[C@@H](CCC3CC(CC(=O)O)OC(C)(C)O3)[C@H]21. The van der Waals surface area contributed by atoms with Gasteiger partial charge in [-0.1, -0.05) is 45.9 Å². The molecule has 3 aliphatic rings. The Morgan fingerprint density at radius 1 is 1.18 bits per heavy atom. The number of ether oxygens (including phenoxy) is 3. The van der Waals surface area contributed by atoms with Crippen LogP contribution in [0.4, 0.5) is 0 Å². The van der Waals surface area contributed by atoms with E-state index in [0.29, 0.717) is 24.2 Å². The van der Waals surface area contributed by atoms with E-state index < -0.39 is 11.8 Å². The molecule has 1 saturated heterocycles. The molecule has 2 aliphatic carbocycles. The van der Waals surface area contributed by atoms with Crippen molar-refractivity contribution in [2.75, 3.05) is 0 Å². The van der Waals surface area contributed by atoms with Crippen molar-refractivity contribution in [1.82, 2.24) is 0 Å². The van der Waals surface area contributed by atoms with Gasteiger partial charge in [-0.2, -0.15) is 0 Å². The Morgan fingerprint density at radius 3 is 2.55 bits per heavy atom. The molecule has 0 saturated carbocycles. The molecular formula is C27H42O6. The normalized spacial score (nSPS) is 36.4. The predicted molar refractivity (Wildman–Crippen MR) is 126 cm³/mol. The molecule has 0 aromatic heterocycles. The largest absolute Gasteiger partial charge is 0.481 e. The second-order valence-electron chi connectivity index (χ2n) is 10.9. The summed E-state index contributed by atoms with van der Waals surface area (Å²) in [6.07, 6.45) is 10.3. The van der Waals surface area contributed by atoms with Crippen LogP contribution in [-0.4, -0.2) is 41.1 Å². The van der Waals surface area contributed by atoms with Gasteiger partial charge in [0.05, 0.1) is 24.5 Å². The van der Waals surface area contributed by atoms with Crippen molar-refractivity contribution in [3.05, 3.63) is 23.8 Å². The highest BCUT2D eigenvalue weighted by atomic mass is 16.7. The summed E-state index contributed by atoms with van der Waals surface area (Å²) in [6.45, 7) is 12.1. The molecule has 0 aromatic carbocycles. The molecular weight excluding hydrogens is 420 g/mol. The molecule has 33 heavy (non-hydrogen) atoms. The monoisotopic (exact) mass is 462 g/mol. The predicted octanol–water partition coefficient (Wildman–Crippen LogP) is 5.51. The lowest BCUT2D eigenvalue weighted by molar-refractivity contribution is -0.301. The molecule has 186 valence electrons. The van der Waals surface area contributed by atoms with Gasteiger partial charge in [-0.25, -0.2) is 0 Å². The average Bonchev–Trinajstić information content (AvgIpc) is 2.70. The average molecular weight is 463 g/mol. The first-order valence-corrected chi connectivity index (χ1v) is 12.7. The van der Waals surface area contributed by atoms with E-state index in [1.165, 1.54) is 5.57 Å². The van der Waals surface area contributed by atoms with Gasteiger partial charge in [0.2, 0.25) is 0 Å². The van der Waals surface area contributed by atoms with Crippen LogP contribution in [0.1, 0.15) is 80.1 Å². The van der Waals surface area contributed by atoms with E-state index in [0.717, 1.165) is 25.7 Å².